The zero-order valence-electron chi connectivity index (χ0n) is 9.20. The van der Waals surface area contributed by atoms with Gasteiger partial charge in [-0.3, -0.25) is 0 Å². The number of hydrogen-bond acceptors (Lipinski definition) is 1. The SMILES string of the molecule is Cc1cn(C(C)c2ccc(Br)cc2)c(=S)[nH]1. The van der Waals surface area contributed by atoms with Crippen LogP contribution in [0.3, 0.4) is 0 Å². The van der Waals surface area contributed by atoms with E-state index in [1.807, 2.05) is 6.92 Å². The van der Waals surface area contributed by atoms with Crippen molar-refractivity contribution in [2.45, 2.75) is 19.9 Å². The Bertz CT molecular complexity index is 539. The number of halogens is 1. The molecule has 0 spiro atoms. The van der Waals surface area contributed by atoms with E-state index < -0.39 is 0 Å². The number of benzene rings is 1. The van der Waals surface area contributed by atoms with Gasteiger partial charge in [-0.15, -0.1) is 0 Å². The highest BCUT2D eigenvalue weighted by atomic mass is 79.9. The molecule has 0 aliphatic rings. The second-order valence-electron chi connectivity index (χ2n) is 3.88. The molecule has 0 aliphatic carbocycles. The van der Waals surface area contributed by atoms with Crippen molar-refractivity contribution < 1.29 is 0 Å². The average molecular weight is 297 g/mol. The Morgan fingerprint density at radius 2 is 1.94 bits per heavy atom. The van der Waals surface area contributed by atoms with Crippen molar-refractivity contribution in [3.63, 3.8) is 0 Å². The van der Waals surface area contributed by atoms with Crippen LogP contribution >= 0.6 is 28.1 Å². The average Bonchev–Trinajstić information content (AvgIpc) is 2.58. The highest BCUT2D eigenvalue weighted by molar-refractivity contribution is 9.10. The van der Waals surface area contributed by atoms with E-state index in [4.69, 9.17) is 12.2 Å². The molecule has 2 rings (SSSR count). The molecule has 1 atom stereocenters. The summed E-state index contributed by atoms with van der Waals surface area (Å²) >= 11 is 8.71. The third-order valence-corrected chi connectivity index (χ3v) is 3.48. The van der Waals surface area contributed by atoms with Crippen LogP contribution in [-0.4, -0.2) is 9.55 Å². The molecule has 4 heteroatoms. The van der Waals surface area contributed by atoms with Crippen molar-refractivity contribution in [1.82, 2.24) is 9.55 Å². The molecular weight excluding hydrogens is 284 g/mol. The molecule has 1 N–H and O–H groups in total. The Balaban J connectivity index is 2.38. The summed E-state index contributed by atoms with van der Waals surface area (Å²) in [4.78, 5) is 3.14. The maximum Gasteiger partial charge on any atom is 0.177 e. The maximum atomic E-state index is 5.27. The number of aryl methyl sites for hydroxylation is 1. The van der Waals surface area contributed by atoms with Gasteiger partial charge < -0.3 is 9.55 Å². The van der Waals surface area contributed by atoms with Gasteiger partial charge in [0, 0.05) is 16.4 Å². The molecule has 0 fully saturated rings. The van der Waals surface area contributed by atoms with Gasteiger partial charge in [-0.1, -0.05) is 28.1 Å². The predicted octanol–water partition coefficient (Wildman–Crippen LogP) is 4.23. The monoisotopic (exact) mass is 296 g/mol. The Labute approximate surface area is 108 Å². The Morgan fingerprint density at radius 3 is 2.44 bits per heavy atom. The van der Waals surface area contributed by atoms with Crippen LogP contribution in [0, 0.1) is 11.7 Å². The molecule has 1 aromatic carbocycles. The minimum absolute atomic E-state index is 0.255. The molecule has 2 aromatic rings. The molecule has 0 radical (unpaired) electrons. The molecule has 1 aromatic heterocycles. The van der Waals surface area contributed by atoms with Crippen molar-refractivity contribution in [2.75, 3.05) is 0 Å². The van der Waals surface area contributed by atoms with Crippen molar-refractivity contribution in [3.05, 3.63) is 51.0 Å². The highest BCUT2D eigenvalue weighted by Crippen LogP contribution is 2.20. The van der Waals surface area contributed by atoms with Crippen LogP contribution in [0.5, 0.6) is 0 Å². The summed E-state index contributed by atoms with van der Waals surface area (Å²) in [5.74, 6) is 0. The first-order chi connectivity index (χ1) is 7.58. The Hall–Kier alpha value is -0.870. The van der Waals surface area contributed by atoms with Crippen molar-refractivity contribution in [2.24, 2.45) is 0 Å². The fourth-order valence-corrected chi connectivity index (χ4v) is 2.36. The van der Waals surface area contributed by atoms with Gasteiger partial charge in [-0.25, -0.2) is 0 Å². The smallest absolute Gasteiger partial charge is 0.177 e. The third-order valence-electron chi connectivity index (χ3n) is 2.64. The fraction of sp³-hybridized carbons (Fsp3) is 0.250. The number of rotatable bonds is 2. The number of imidazole rings is 1. The minimum Gasteiger partial charge on any atom is -0.335 e. The van der Waals surface area contributed by atoms with E-state index in [1.54, 1.807) is 0 Å². The van der Waals surface area contributed by atoms with Crippen LogP contribution < -0.4 is 0 Å². The number of hydrogen-bond donors (Lipinski definition) is 1. The van der Waals surface area contributed by atoms with Gasteiger partial charge in [0.1, 0.15) is 0 Å². The van der Waals surface area contributed by atoms with Crippen LogP contribution in [-0.2, 0) is 0 Å². The maximum absolute atomic E-state index is 5.27. The van der Waals surface area contributed by atoms with Gasteiger partial charge in [0.25, 0.3) is 0 Å². The van der Waals surface area contributed by atoms with E-state index in [2.05, 4.69) is 62.9 Å². The Morgan fingerprint density at radius 1 is 1.31 bits per heavy atom. The van der Waals surface area contributed by atoms with Crippen LogP contribution in [0.25, 0.3) is 0 Å². The van der Waals surface area contributed by atoms with Crippen molar-refractivity contribution >= 4 is 28.1 Å². The lowest BCUT2D eigenvalue weighted by molar-refractivity contribution is 0.630. The summed E-state index contributed by atoms with van der Waals surface area (Å²) in [6, 6.07) is 8.58. The van der Waals surface area contributed by atoms with Crippen molar-refractivity contribution in [3.8, 4) is 0 Å². The van der Waals surface area contributed by atoms with E-state index in [9.17, 15) is 0 Å². The van der Waals surface area contributed by atoms with E-state index in [-0.39, 0.29) is 6.04 Å². The van der Waals surface area contributed by atoms with Gasteiger partial charge in [0.2, 0.25) is 0 Å². The second kappa shape index (κ2) is 4.55. The standard InChI is InChI=1S/C12H13BrN2S/c1-8-7-15(12(16)14-8)9(2)10-3-5-11(13)6-4-10/h3-7,9H,1-2H3,(H,14,16). The quantitative estimate of drug-likeness (QED) is 0.823. The third kappa shape index (κ3) is 2.28. The molecule has 0 aliphatic heterocycles. The minimum atomic E-state index is 0.255. The molecule has 0 bridgehead atoms. The number of aromatic nitrogens is 2. The summed E-state index contributed by atoms with van der Waals surface area (Å²) in [6.45, 7) is 4.16. The lowest BCUT2D eigenvalue weighted by atomic mass is 10.1. The first kappa shape index (κ1) is 11.6. The van der Waals surface area contributed by atoms with Crippen LogP contribution in [0.4, 0.5) is 0 Å². The summed E-state index contributed by atoms with van der Waals surface area (Å²) in [7, 11) is 0. The highest BCUT2D eigenvalue weighted by Gasteiger charge is 2.08. The van der Waals surface area contributed by atoms with E-state index >= 15 is 0 Å². The van der Waals surface area contributed by atoms with Crippen molar-refractivity contribution in [1.29, 1.82) is 0 Å². The van der Waals surface area contributed by atoms with Crippen LogP contribution in [0.2, 0.25) is 0 Å². The van der Waals surface area contributed by atoms with E-state index in [1.165, 1.54) is 5.56 Å². The summed E-state index contributed by atoms with van der Waals surface area (Å²) in [6.07, 6.45) is 2.05. The van der Waals surface area contributed by atoms with Gasteiger partial charge in [-0.05, 0) is 43.8 Å². The van der Waals surface area contributed by atoms with Gasteiger partial charge in [0.15, 0.2) is 4.77 Å². The number of nitrogens with zero attached hydrogens (tertiary/aromatic N) is 1. The lowest BCUT2D eigenvalue weighted by Gasteiger charge is -2.13. The fourth-order valence-electron chi connectivity index (χ4n) is 1.72. The first-order valence-corrected chi connectivity index (χ1v) is 6.31. The van der Waals surface area contributed by atoms with E-state index in [0.29, 0.717) is 0 Å². The Kier molecular flexibility index (Phi) is 3.30. The topological polar surface area (TPSA) is 20.7 Å². The molecule has 0 amide bonds. The normalized spacial score (nSPS) is 12.7. The van der Waals surface area contributed by atoms with Gasteiger partial charge in [0.05, 0.1) is 6.04 Å². The zero-order chi connectivity index (χ0) is 11.7. The summed E-state index contributed by atoms with van der Waals surface area (Å²) < 4.78 is 3.94. The molecule has 2 nitrogen and oxygen atoms in total. The number of aromatic amines is 1. The lowest BCUT2D eigenvalue weighted by Crippen LogP contribution is -2.05. The van der Waals surface area contributed by atoms with Crippen LogP contribution in [0.15, 0.2) is 34.9 Å². The molecule has 84 valence electrons. The number of H-pyrrole nitrogens is 1. The summed E-state index contributed by atoms with van der Waals surface area (Å²) in [5.41, 5.74) is 2.34. The number of nitrogens with one attached hydrogen (secondary N) is 1. The van der Waals surface area contributed by atoms with Gasteiger partial charge in [-0.2, -0.15) is 0 Å². The first-order valence-electron chi connectivity index (χ1n) is 5.11. The molecule has 1 heterocycles. The molecule has 0 saturated heterocycles. The summed E-state index contributed by atoms with van der Waals surface area (Å²) in [5, 5.41) is 0. The van der Waals surface area contributed by atoms with Gasteiger partial charge >= 0.3 is 0 Å². The molecule has 1 unspecified atom stereocenters. The van der Waals surface area contributed by atoms with E-state index in [0.717, 1.165) is 14.9 Å². The zero-order valence-corrected chi connectivity index (χ0v) is 11.6. The predicted molar refractivity (Wildman–Crippen MR) is 72.3 cm³/mol. The molecule has 16 heavy (non-hydrogen) atoms. The second-order valence-corrected chi connectivity index (χ2v) is 5.18. The largest absolute Gasteiger partial charge is 0.335 e. The van der Waals surface area contributed by atoms with Crippen LogP contribution in [0.1, 0.15) is 24.2 Å². The molecular formula is C12H13BrN2S. The molecule has 0 saturated carbocycles.